The molecule has 0 amide bonds. The van der Waals surface area contributed by atoms with E-state index in [2.05, 4.69) is 24.9 Å². The maximum Gasteiger partial charge on any atom is 0.0661 e. The zero-order valence-corrected chi connectivity index (χ0v) is 7.75. The normalized spacial score (nSPS) is 11.8. The SMILES string of the molecule is C1=Nc2ccccc2C1.CCC. The van der Waals surface area contributed by atoms with E-state index in [0.717, 1.165) is 12.1 Å². The van der Waals surface area contributed by atoms with E-state index in [1.54, 1.807) is 0 Å². The molecular formula is C11H15N. The van der Waals surface area contributed by atoms with Gasteiger partial charge in [-0.05, 0) is 11.6 Å². The average molecular weight is 161 g/mol. The number of nitrogens with zero attached hydrogens (tertiary/aromatic N) is 1. The number of hydrogen-bond donors (Lipinski definition) is 0. The minimum atomic E-state index is 1.01. The van der Waals surface area contributed by atoms with Gasteiger partial charge in [-0.1, -0.05) is 38.5 Å². The molecule has 1 aromatic carbocycles. The van der Waals surface area contributed by atoms with Gasteiger partial charge in [-0.3, -0.25) is 4.99 Å². The van der Waals surface area contributed by atoms with Crippen LogP contribution in [0.5, 0.6) is 0 Å². The van der Waals surface area contributed by atoms with E-state index in [0.29, 0.717) is 0 Å². The summed E-state index contributed by atoms with van der Waals surface area (Å²) in [4.78, 5) is 4.17. The van der Waals surface area contributed by atoms with Gasteiger partial charge in [-0.25, -0.2) is 0 Å². The highest BCUT2D eigenvalue weighted by atomic mass is 14.7. The van der Waals surface area contributed by atoms with Gasteiger partial charge in [-0.2, -0.15) is 0 Å². The van der Waals surface area contributed by atoms with Gasteiger partial charge in [-0.15, -0.1) is 0 Å². The van der Waals surface area contributed by atoms with Gasteiger partial charge in [0, 0.05) is 12.6 Å². The van der Waals surface area contributed by atoms with Crippen molar-refractivity contribution in [2.75, 3.05) is 0 Å². The fourth-order valence-electron chi connectivity index (χ4n) is 1.05. The summed E-state index contributed by atoms with van der Waals surface area (Å²) in [5, 5.41) is 0. The van der Waals surface area contributed by atoms with Gasteiger partial charge in [0.25, 0.3) is 0 Å². The van der Waals surface area contributed by atoms with Gasteiger partial charge in [0.1, 0.15) is 0 Å². The summed E-state index contributed by atoms with van der Waals surface area (Å²) in [7, 11) is 0. The second kappa shape index (κ2) is 4.70. The molecule has 1 aromatic rings. The molecule has 12 heavy (non-hydrogen) atoms. The van der Waals surface area contributed by atoms with Crippen LogP contribution in [-0.2, 0) is 6.42 Å². The zero-order valence-electron chi connectivity index (χ0n) is 7.75. The van der Waals surface area contributed by atoms with E-state index in [1.807, 2.05) is 24.4 Å². The number of benzene rings is 1. The predicted molar refractivity (Wildman–Crippen MR) is 54.3 cm³/mol. The first-order chi connectivity index (χ1) is 5.88. The fourth-order valence-corrected chi connectivity index (χ4v) is 1.05. The highest BCUT2D eigenvalue weighted by molar-refractivity contribution is 5.75. The molecule has 1 heteroatoms. The molecule has 0 radical (unpaired) electrons. The van der Waals surface area contributed by atoms with Crippen LogP contribution in [0, 0.1) is 0 Å². The van der Waals surface area contributed by atoms with Crippen molar-refractivity contribution in [2.45, 2.75) is 26.7 Å². The lowest BCUT2D eigenvalue weighted by Crippen LogP contribution is -1.75. The van der Waals surface area contributed by atoms with Crippen molar-refractivity contribution in [3.63, 3.8) is 0 Å². The zero-order chi connectivity index (χ0) is 8.81. The maximum atomic E-state index is 4.17. The van der Waals surface area contributed by atoms with E-state index >= 15 is 0 Å². The lowest BCUT2D eigenvalue weighted by Gasteiger charge is -1.91. The molecule has 0 aromatic heterocycles. The smallest absolute Gasteiger partial charge is 0.0661 e. The summed E-state index contributed by atoms with van der Waals surface area (Å²) in [6, 6.07) is 8.22. The Hall–Kier alpha value is -1.11. The Balaban J connectivity index is 0.000000213. The monoisotopic (exact) mass is 161 g/mol. The highest BCUT2D eigenvalue weighted by Crippen LogP contribution is 2.22. The van der Waals surface area contributed by atoms with E-state index in [1.165, 1.54) is 12.0 Å². The minimum Gasteiger partial charge on any atom is -0.261 e. The molecule has 1 heterocycles. The molecule has 0 saturated heterocycles. The number of hydrogen-bond acceptors (Lipinski definition) is 1. The largest absolute Gasteiger partial charge is 0.261 e. The summed E-state index contributed by atoms with van der Waals surface area (Å²) in [6.45, 7) is 4.25. The molecule has 0 bridgehead atoms. The third kappa shape index (κ3) is 2.19. The van der Waals surface area contributed by atoms with Crippen molar-refractivity contribution < 1.29 is 0 Å². The lowest BCUT2D eigenvalue weighted by atomic mass is 10.2. The van der Waals surface area contributed by atoms with Crippen LogP contribution in [0.4, 0.5) is 5.69 Å². The van der Waals surface area contributed by atoms with E-state index in [9.17, 15) is 0 Å². The van der Waals surface area contributed by atoms with Crippen LogP contribution in [-0.4, -0.2) is 6.21 Å². The van der Waals surface area contributed by atoms with E-state index in [-0.39, 0.29) is 0 Å². The predicted octanol–water partition coefficient (Wildman–Crippen LogP) is 3.36. The number of rotatable bonds is 0. The summed E-state index contributed by atoms with van der Waals surface area (Å²) < 4.78 is 0. The Morgan fingerprint density at radius 3 is 2.58 bits per heavy atom. The first-order valence-electron chi connectivity index (χ1n) is 4.49. The van der Waals surface area contributed by atoms with Gasteiger partial charge in [0.2, 0.25) is 0 Å². The Morgan fingerprint density at radius 2 is 1.92 bits per heavy atom. The standard InChI is InChI=1S/C8H7N.C3H8/c1-2-4-8-7(3-1)5-6-9-8;1-3-2/h1-4,6H,5H2;3H2,1-2H3. The maximum absolute atomic E-state index is 4.17. The first-order valence-corrected chi connectivity index (χ1v) is 4.49. The second-order valence-corrected chi connectivity index (χ2v) is 2.85. The highest BCUT2D eigenvalue weighted by Gasteiger charge is 2.01. The molecule has 0 N–H and O–H groups in total. The second-order valence-electron chi connectivity index (χ2n) is 2.85. The van der Waals surface area contributed by atoms with Crippen LogP contribution < -0.4 is 0 Å². The van der Waals surface area contributed by atoms with Crippen LogP contribution in [0.1, 0.15) is 25.8 Å². The molecule has 64 valence electrons. The molecule has 1 aliphatic rings. The Labute approximate surface area is 74.2 Å². The van der Waals surface area contributed by atoms with Gasteiger partial charge >= 0.3 is 0 Å². The summed E-state index contributed by atoms with van der Waals surface area (Å²) in [5.41, 5.74) is 2.48. The van der Waals surface area contributed by atoms with Gasteiger partial charge in [0.05, 0.1) is 5.69 Å². The van der Waals surface area contributed by atoms with Crippen LogP contribution in [0.25, 0.3) is 0 Å². The molecule has 0 saturated carbocycles. The van der Waals surface area contributed by atoms with Gasteiger partial charge < -0.3 is 0 Å². The van der Waals surface area contributed by atoms with E-state index < -0.39 is 0 Å². The van der Waals surface area contributed by atoms with E-state index in [4.69, 9.17) is 0 Å². The Morgan fingerprint density at radius 1 is 1.25 bits per heavy atom. The average Bonchev–Trinajstić information content (AvgIpc) is 2.52. The molecule has 0 atom stereocenters. The van der Waals surface area contributed by atoms with Crippen molar-refractivity contribution in [1.29, 1.82) is 0 Å². The third-order valence-corrected chi connectivity index (χ3v) is 1.53. The molecule has 0 aliphatic carbocycles. The minimum absolute atomic E-state index is 1.01. The molecule has 0 unspecified atom stereocenters. The van der Waals surface area contributed by atoms with Crippen molar-refractivity contribution in [2.24, 2.45) is 4.99 Å². The van der Waals surface area contributed by atoms with Crippen molar-refractivity contribution >= 4 is 11.9 Å². The molecule has 0 fully saturated rings. The van der Waals surface area contributed by atoms with Crippen molar-refractivity contribution in [3.05, 3.63) is 29.8 Å². The van der Waals surface area contributed by atoms with Crippen LogP contribution in [0.15, 0.2) is 29.3 Å². The molecular weight excluding hydrogens is 146 g/mol. The van der Waals surface area contributed by atoms with Crippen molar-refractivity contribution in [1.82, 2.24) is 0 Å². The number of para-hydroxylation sites is 1. The topological polar surface area (TPSA) is 12.4 Å². The molecule has 1 nitrogen and oxygen atoms in total. The first kappa shape index (κ1) is 8.98. The van der Waals surface area contributed by atoms with Crippen LogP contribution >= 0.6 is 0 Å². The Kier molecular flexibility index (Phi) is 3.52. The summed E-state index contributed by atoms with van der Waals surface area (Å²) in [5.74, 6) is 0. The van der Waals surface area contributed by atoms with Crippen molar-refractivity contribution in [3.8, 4) is 0 Å². The molecule has 0 spiro atoms. The number of fused-ring (bicyclic) bond motifs is 1. The lowest BCUT2D eigenvalue weighted by molar-refractivity contribution is 1.09. The third-order valence-electron chi connectivity index (χ3n) is 1.53. The Bertz CT molecular complexity index is 263. The van der Waals surface area contributed by atoms with Gasteiger partial charge in [0.15, 0.2) is 0 Å². The summed E-state index contributed by atoms with van der Waals surface area (Å²) in [6.07, 6.45) is 4.21. The number of aliphatic imine (C=N–C) groups is 1. The molecule has 2 rings (SSSR count). The quantitative estimate of drug-likeness (QED) is 0.553. The summed E-state index contributed by atoms with van der Waals surface area (Å²) >= 11 is 0. The van der Waals surface area contributed by atoms with Crippen LogP contribution in [0.2, 0.25) is 0 Å². The van der Waals surface area contributed by atoms with Crippen LogP contribution in [0.3, 0.4) is 0 Å². The molecule has 1 aliphatic heterocycles. The fraction of sp³-hybridized carbons (Fsp3) is 0.364.